The van der Waals surface area contributed by atoms with Gasteiger partial charge in [0.1, 0.15) is 11.5 Å². The third-order valence-electron chi connectivity index (χ3n) is 4.29. The standard InChI is InChI=1S/C18H23N3O4/c1-23-16-7-14(8-17(9-16)24-2)18(22)20-15-10-19-21(12-15)11-13-3-5-25-6-4-13/h7-10,12-13H,3-6,11H2,1-2H3,(H,20,22). The van der Waals surface area contributed by atoms with Crippen LogP contribution in [0.5, 0.6) is 11.5 Å². The highest BCUT2D eigenvalue weighted by Crippen LogP contribution is 2.23. The van der Waals surface area contributed by atoms with Crippen LogP contribution in [0.15, 0.2) is 30.6 Å². The summed E-state index contributed by atoms with van der Waals surface area (Å²) in [7, 11) is 3.10. The second-order valence-corrected chi connectivity index (χ2v) is 6.06. The molecule has 7 nitrogen and oxygen atoms in total. The van der Waals surface area contributed by atoms with Gasteiger partial charge in [0.25, 0.3) is 5.91 Å². The smallest absolute Gasteiger partial charge is 0.256 e. The van der Waals surface area contributed by atoms with Crippen LogP contribution in [0.2, 0.25) is 0 Å². The molecule has 2 aromatic rings. The number of amides is 1. The molecule has 25 heavy (non-hydrogen) atoms. The van der Waals surface area contributed by atoms with Crippen LogP contribution in [0, 0.1) is 5.92 Å². The number of nitrogens with one attached hydrogen (secondary N) is 1. The minimum absolute atomic E-state index is 0.234. The van der Waals surface area contributed by atoms with Gasteiger partial charge in [-0.15, -0.1) is 0 Å². The maximum atomic E-state index is 12.5. The number of hydrogen-bond acceptors (Lipinski definition) is 5. The Morgan fingerprint density at radius 2 is 1.92 bits per heavy atom. The summed E-state index contributed by atoms with van der Waals surface area (Å²) in [6.45, 7) is 2.46. The van der Waals surface area contributed by atoms with Gasteiger partial charge in [-0.25, -0.2) is 0 Å². The zero-order chi connectivity index (χ0) is 17.6. The molecule has 0 aliphatic carbocycles. The van der Waals surface area contributed by atoms with Gasteiger partial charge in [0.05, 0.1) is 26.1 Å². The summed E-state index contributed by atoms with van der Waals surface area (Å²) in [5.74, 6) is 1.47. The van der Waals surface area contributed by atoms with Crippen LogP contribution >= 0.6 is 0 Å². The van der Waals surface area contributed by atoms with E-state index in [1.165, 1.54) is 0 Å². The van der Waals surface area contributed by atoms with Crippen molar-refractivity contribution in [3.8, 4) is 11.5 Å². The van der Waals surface area contributed by atoms with Gasteiger partial charge in [-0.2, -0.15) is 5.10 Å². The van der Waals surface area contributed by atoms with Crippen molar-refractivity contribution in [1.82, 2.24) is 9.78 Å². The van der Waals surface area contributed by atoms with Gasteiger partial charge in [0.15, 0.2) is 0 Å². The lowest BCUT2D eigenvalue weighted by atomic mass is 10.0. The number of hydrogen-bond donors (Lipinski definition) is 1. The number of benzene rings is 1. The molecule has 0 bridgehead atoms. The SMILES string of the molecule is COc1cc(OC)cc(C(=O)Nc2cnn(CC3CCOCC3)c2)c1. The zero-order valence-electron chi connectivity index (χ0n) is 14.5. The third-order valence-corrected chi connectivity index (χ3v) is 4.29. The number of carbonyl (C=O) groups excluding carboxylic acids is 1. The van der Waals surface area contributed by atoms with Crippen LogP contribution in [0.4, 0.5) is 5.69 Å². The average Bonchev–Trinajstić information content (AvgIpc) is 3.08. The van der Waals surface area contributed by atoms with Crippen LogP contribution in [-0.2, 0) is 11.3 Å². The first-order valence-electron chi connectivity index (χ1n) is 8.32. The quantitative estimate of drug-likeness (QED) is 0.871. The highest BCUT2D eigenvalue weighted by molar-refractivity contribution is 6.04. The van der Waals surface area contributed by atoms with Crippen LogP contribution in [0.25, 0.3) is 0 Å². The van der Waals surface area contributed by atoms with Crippen molar-refractivity contribution in [2.24, 2.45) is 5.92 Å². The van der Waals surface area contributed by atoms with Crippen molar-refractivity contribution in [3.05, 3.63) is 36.2 Å². The summed E-state index contributed by atoms with van der Waals surface area (Å²) in [4.78, 5) is 12.5. The lowest BCUT2D eigenvalue weighted by Gasteiger charge is -2.21. The second kappa shape index (κ2) is 8.02. The highest BCUT2D eigenvalue weighted by Gasteiger charge is 2.16. The molecule has 0 radical (unpaired) electrons. The number of rotatable bonds is 6. The predicted molar refractivity (Wildman–Crippen MR) is 93.3 cm³/mol. The number of aromatic nitrogens is 2. The molecule has 0 spiro atoms. The van der Waals surface area contributed by atoms with Gasteiger partial charge in [-0.1, -0.05) is 0 Å². The number of ether oxygens (including phenoxy) is 3. The molecular formula is C18H23N3O4. The minimum atomic E-state index is -0.234. The summed E-state index contributed by atoms with van der Waals surface area (Å²) in [6.07, 6.45) is 5.61. The molecule has 1 aliphatic rings. The van der Waals surface area contributed by atoms with Gasteiger partial charge >= 0.3 is 0 Å². The number of carbonyl (C=O) groups is 1. The molecular weight excluding hydrogens is 322 g/mol. The Morgan fingerprint density at radius 1 is 1.24 bits per heavy atom. The first-order chi connectivity index (χ1) is 12.2. The molecule has 0 atom stereocenters. The molecule has 1 N–H and O–H groups in total. The van der Waals surface area contributed by atoms with Gasteiger partial charge < -0.3 is 19.5 Å². The fourth-order valence-corrected chi connectivity index (χ4v) is 2.86. The van der Waals surface area contributed by atoms with E-state index < -0.39 is 0 Å². The van der Waals surface area contributed by atoms with E-state index in [-0.39, 0.29) is 5.91 Å². The number of anilines is 1. The topological polar surface area (TPSA) is 74.6 Å². The Balaban J connectivity index is 1.65. The van der Waals surface area contributed by atoms with Crippen molar-refractivity contribution < 1.29 is 19.0 Å². The van der Waals surface area contributed by atoms with Gasteiger partial charge in [-0.05, 0) is 30.9 Å². The second-order valence-electron chi connectivity index (χ2n) is 6.06. The van der Waals surface area contributed by atoms with Gasteiger partial charge in [-0.3, -0.25) is 9.48 Å². The molecule has 134 valence electrons. The molecule has 0 unspecified atom stereocenters. The lowest BCUT2D eigenvalue weighted by Crippen LogP contribution is -2.20. The van der Waals surface area contributed by atoms with E-state index in [0.29, 0.717) is 28.7 Å². The minimum Gasteiger partial charge on any atom is -0.497 e. The first kappa shape index (κ1) is 17.3. The van der Waals surface area contributed by atoms with E-state index in [1.807, 2.05) is 10.9 Å². The molecule has 2 heterocycles. The Morgan fingerprint density at radius 3 is 2.56 bits per heavy atom. The monoisotopic (exact) mass is 345 g/mol. The lowest BCUT2D eigenvalue weighted by molar-refractivity contribution is 0.0601. The Hall–Kier alpha value is -2.54. The predicted octanol–water partition coefficient (Wildman–Crippen LogP) is 2.58. The van der Waals surface area contributed by atoms with E-state index in [9.17, 15) is 4.79 Å². The maximum absolute atomic E-state index is 12.5. The summed E-state index contributed by atoms with van der Waals surface area (Å²) >= 11 is 0. The number of nitrogens with zero attached hydrogens (tertiary/aromatic N) is 2. The molecule has 0 saturated carbocycles. The van der Waals surface area contributed by atoms with Crippen molar-refractivity contribution in [2.75, 3.05) is 32.8 Å². The Labute approximate surface area is 146 Å². The van der Waals surface area contributed by atoms with Gasteiger partial charge in [0, 0.05) is 37.6 Å². The van der Waals surface area contributed by atoms with Crippen LogP contribution in [-0.4, -0.2) is 43.1 Å². The third kappa shape index (κ3) is 4.51. The molecule has 1 saturated heterocycles. The normalized spacial score (nSPS) is 15.0. The van der Waals surface area contributed by atoms with Crippen molar-refractivity contribution in [2.45, 2.75) is 19.4 Å². The summed E-state index contributed by atoms with van der Waals surface area (Å²) in [5.41, 5.74) is 1.13. The largest absolute Gasteiger partial charge is 0.497 e. The highest BCUT2D eigenvalue weighted by atomic mass is 16.5. The Bertz CT molecular complexity index is 701. The molecule has 1 aromatic carbocycles. The van der Waals surface area contributed by atoms with E-state index in [1.54, 1.807) is 38.6 Å². The van der Waals surface area contributed by atoms with Gasteiger partial charge in [0.2, 0.25) is 0 Å². The fourth-order valence-electron chi connectivity index (χ4n) is 2.86. The summed E-state index contributed by atoms with van der Waals surface area (Å²) in [5, 5.41) is 7.20. The first-order valence-corrected chi connectivity index (χ1v) is 8.32. The van der Waals surface area contributed by atoms with E-state index in [2.05, 4.69) is 10.4 Å². The summed E-state index contributed by atoms with van der Waals surface area (Å²) < 4.78 is 17.6. The molecule has 1 aromatic heterocycles. The van der Waals surface area contributed by atoms with Crippen LogP contribution in [0.1, 0.15) is 23.2 Å². The number of methoxy groups -OCH3 is 2. The molecule has 1 amide bonds. The van der Waals surface area contributed by atoms with Crippen LogP contribution in [0.3, 0.4) is 0 Å². The average molecular weight is 345 g/mol. The van der Waals surface area contributed by atoms with E-state index in [4.69, 9.17) is 14.2 Å². The maximum Gasteiger partial charge on any atom is 0.256 e. The Kier molecular flexibility index (Phi) is 5.55. The van der Waals surface area contributed by atoms with Crippen LogP contribution < -0.4 is 14.8 Å². The summed E-state index contributed by atoms with van der Waals surface area (Å²) in [6, 6.07) is 5.07. The van der Waals surface area contributed by atoms with Crippen molar-refractivity contribution in [3.63, 3.8) is 0 Å². The van der Waals surface area contributed by atoms with Crippen molar-refractivity contribution in [1.29, 1.82) is 0 Å². The molecule has 3 rings (SSSR count). The van der Waals surface area contributed by atoms with E-state index >= 15 is 0 Å². The zero-order valence-corrected chi connectivity index (χ0v) is 14.5. The molecule has 1 aliphatic heterocycles. The van der Waals surface area contributed by atoms with Crippen molar-refractivity contribution >= 4 is 11.6 Å². The fraction of sp³-hybridized carbons (Fsp3) is 0.444. The molecule has 7 heteroatoms. The van der Waals surface area contributed by atoms with E-state index in [0.717, 1.165) is 32.6 Å². The molecule has 1 fully saturated rings.